The molecule has 246 valence electrons. The maximum Gasteiger partial charge on any atom is 0.326 e. The number of hydrogen-bond donors (Lipinski definition) is 7. The number of nitrogens with two attached hydrogens (primary N) is 1. The average Bonchev–Trinajstić information content (AvgIpc) is 2.95. The maximum atomic E-state index is 13.3. The Morgan fingerprint density at radius 2 is 1.39 bits per heavy atom. The monoisotopic (exact) mass is 636 g/mol. The third kappa shape index (κ3) is 14.2. The summed E-state index contributed by atoms with van der Waals surface area (Å²) in [5, 5.41) is 22.3. The van der Waals surface area contributed by atoms with Gasteiger partial charge in [0, 0.05) is 6.42 Å². The van der Waals surface area contributed by atoms with Crippen molar-refractivity contribution in [2.45, 2.75) is 84.1 Å². The standard InChI is InChI=1S/C30H48N6O7S/c1-17(2)14-22(27(39)34-21(30(42)43)12-13-44-6)33-24(37)16-32-29(41)25(18(3)4)36-28(40)23(35-26(38)19(5)31)15-20-10-8-7-9-11-20/h7-11,17-19,21-23,25H,12-16,31H2,1-6H3,(H,32,41)(H,33,37)(H,34,39)(H,35,38)(H,36,40)(H,42,43). The Hall–Kier alpha value is -3.65. The number of carboxylic acid groups (broad SMARTS) is 1. The van der Waals surface area contributed by atoms with Crippen molar-refractivity contribution in [3.63, 3.8) is 0 Å². The summed E-state index contributed by atoms with van der Waals surface area (Å²) in [6.07, 6.45) is 2.47. The highest BCUT2D eigenvalue weighted by atomic mass is 32.2. The maximum absolute atomic E-state index is 13.3. The molecule has 1 aromatic carbocycles. The van der Waals surface area contributed by atoms with Crippen molar-refractivity contribution in [3.05, 3.63) is 35.9 Å². The van der Waals surface area contributed by atoms with Gasteiger partial charge >= 0.3 is 5.97 Å². The molecule has 0 heterocycles. The van der Waals surface area contributed by atoms with E-state index in [2.05, 4.69) is 26.6 Å². The number of aliphatic carboxylic acids is 1. The summed E-state index contributed by atoms with van der Waals surface area (Å²) in [5.41, 5.74) is 6.47. The zero-order valence-electron chi connectivity index (χ0n) is 26.3. The van der Waals surface area contributed by atoms with Gasteiger partial charge in [-0.1, -0.05) is 58.0 Å². The SMILES string of the molecule is CSCCC(NC(=O)C(CC(C)C)NC(=O)CNC(=O)C(NC(=O)C(Cc1ccccc1)NC(=O)C(C)N)C(C)C)C(=O)O. The van der Waals surface area contributed by atoms with E-state index in [9.17, 15) is 33.9 Å². The van der Waals surface area contributed by atoms with Crippen LogP contribution in [0.2, 0.25) is 0 Å². The lowest BCUT2D eigenvalue weighted by molar-refractivity contribution is -0.142. The molecule has 5 atom stereocenters. The number of benzene rings is 1. The van der Waals surface area contributed by atoms with E-state index in [1.165, 1.54) is 18.7 Å². The van der Waals surface area contributed by atoms with Gasteiger partial charge in [0.2, 0.25) is 29.5 Å². The fraction of sp³-hybridized carbons (Fsp3) is 0.600. The van der Waals surface area contributed by atoms with Crippen molar-refractivity contribution in [2.24, 2.45) is 17.6 Å². The second-order valence-electron chi connectivity index (χ2n) is 11.4. The lowest BCUT2D eigenvalue weighted by Gasteiger charge is -2.26. The molecule has 0 bridgehead atoms. The van der Waals surface area contributed by atoms with Crippen LogP contribution in [0.3, 0.4) is 0 Å². The minimum atomic E-state index is -1.17. The number of thioether (sulfide) groups is 1. The van der Waals surface area contributed by atoms with E-state index >= 15 is 0 Å². The van der Waals surface area contributed by atoms with E-state index in [0.717, 1.165) is 5.56 Å². The minimum Gasteiger partial charge on any atom is -0.480 e. The van der Waals surface area contributed by atoms with Gasteiger partial charge in [-0.3, -0.25) is 24.0 Å². The quantitative estimate of drug-likeness (QED) is 0.110. The lowest BCUT2D eigenvalue weighted by atomic mass is 10.0. The second kappa shape index (κ2) is 19.6. The van der Waals surface area contributed by atoms with Crippen LogP contribution in [0.4, 0.5) is 0 Å². The third-order valence-electron chi connectivity index (χ3n) is 6.58. The van der Waals surface area contributed by atoms with Crippen molar-refractivity contribution in [1.29, 1.82) is 0 Å². The van der Waals surface area contributed by atoms with Gasteiger partial charge < -0.3 is 37.4 Å². The zero-order valence-corrected chi connectivity index (χ0v) is 27.2. The first-order valence-corrected chi connectivity index (χ1v) is 16.0. The lowest BCUT2D eigenvalue weighted by Crippen LogP contribution is -2.58. The Balaban J connectivity index is 2.91. The molecule has 8 N–H and O–H groups in total. The summed E-state index contributed by atoms with van der Waals surface area (Å²) in [5.74, 6) is -4.05. The van der Waals surface area contributed by atoms with Crippen LogP contribution < -0.4 is 32.3 Å². The van der Waals surface area contributed by atoms with Crippen LogP contribution in [-0.4, -0.2) is 89.4 Å². The van der Waals surface area contributed by atoms with Crippen molar-refractivity contribution < 1.29 is 33.9 Å². The first kappa shape index (κ1) is 38.4. The first-order valence-electron chi connectivity index (χ1n) is 14.7. The number of rotatable bonds is 19. The highest BCUT2D eigenvalue weighted by Crippen LogP contribution is 2.09. The van der Waals surface area contributed by atoms with Crippen LogP contribution in [0.15, 0.2) is 30.3 Å². The number of carbonyl (C=O) groups is 6. The molecule has 0 fully saturated rings. The second-order valence-corrected chi connectivity index (χ2v) is 12.4. The van der Waals surface area contributed by atoms with E-state index < -0.39 is 72.3 Å². The molecule has 1 aromatic rings. The van der Waals surface area contributed by atoms with Gasteiger partial charge in [0.1, 0.15) is 24.2 Å². The molecule has 14 heteroatoms. The zero-order chi connectivity index (χ0) is 33.4. The molecule has 0 saturated carbocycles. The van der Waals surface area contributed by atoms with Crippen molar-refractivity contribution in [1.82, 2.24) is 26.6 Å². The Kier molecular flexibility index (Phi) is 17.1. The topological polar surface area (TPSA) is 209 Å². The molecule has 0 aliphatic rings. The molecule has 13 nitrogen and oxygen atoms in total. The van der Waals surface area contributed by atoms with Crippen LogP contribution in [0.5, 0.6) is 0 Å². The van der Waals surface area contributed by atoms with E-state index in [1.807, 2.05) is 38.3 Å². The largest absolute Gasteiger partial charge is 0.480 e. The molecule has 5 amide bonds. The van der Waals surface area contributed by atoms with E-state index in [-0.39, 0.29) is 31.1 Å². The highest BCUT2D eigenvalue weighted by molar-refractivity contribution is 7.98. The molecule has 0 aromatic heterocycles. The predicted molar refractivity (Wildman–Crippen MR) is 169 cm³/mol. The third-order valence-corrected chi connectivity index (χ3v) is 7.23. The van der Waals surface area contributed by atoms with Gasteiger partial charge in [-0.05, 0) is 49.2 Å². The van der Waals surface area contributed by atoms with E-state index in [4.69, 9.17) is 5.73 Å². The normalized spacial score (nSPS) is 14.5. The highest BCUT2D eigenvalue weighted by Gasteiger charge is 2.31. The van der Waals surface area contributed by atoms with Gasteiger partial charge in [-0.15, -0.1) is 0 Å². The number of hydrogen-bond acceptors (Lipinski definition) is 8. The molecule has 0 spiro atoms. The first-order chi connectivity index (χ1) is 20.7. The molecular weight excluding hydrogens is 588 g/mol. The minimum absolute atomic E-state index is 0.00207. The fourth-order valence-electron chi connectivity index (χ4n) is 4.14. The molecule has 0 aliphatic carbocycles. The van der Waals surface area contributed by atoms with E-state index in [0.29, 0.717) is 5.75 Å². The number of carboxylic acids is 1. The summed E-state index contributed by atoms with van der Waals surface area (Å²) < 4.78 is 0. The number of amides is 5. The van der Waals surface area contributed by atoms with Gasteiger partial charge in [0.05, 0.1) is 12.6 Å². The van der Waals surface area contributed by atoms with Crippen molar-refractivity contribution in [3.8, 4) is 0 Å². The van der Waals surface area contributed by atoms with Crippen LogP contribution in [0.1, 0.15) is 53.0 Å². The van der Waals surface area contributed by atoms with E-state index in [1.54, 1.807) is 26.0 Å². The van der Waals surface area contributed by atoms with Crippen LogP contribution in [0, 0.1) is 11.8 Å². The number of nitrogens with one attached hydrogen (secondary N) is 5. The predicted octanol–water partition coefficient (Wildman–Crippen LogP) is 0.172. The average molecular weight is 637 g/mol. The summed E-state index contributed by atoms with van der Waals surface area (Å²) in [6.45, 7) is 8.16. The van der Waals surface area contributed by atoms with Gasteiger partial charge in [0.25, 0.3) is 0 Å². The smallest absolute Gasteiger partial charge is 0.326 e. The van der Waals surface area contributed by atoms with Crippen LogP contribution in [0.25, 0.3) is 0 Å². The molecule has 0 radical (unpaired) electrons. The van der Waals surface area contributed by atoms with Gasteiger partial charge in [-0.25, -0.2) is 4.79 Å². The summed E-state index contributed by atoms with van der Waals surface area (Å²) in [6, 6.07) is 4.05. The van der Waals surface area contributed by atoms with Gasteiger partial charge in [-0.2, -0.15) is 11.8 Å². The molecule has 5 unspecified atom stereocenters. The summed E-state index contributed by atoms with van der Waals surface area (Å²) in [7, 11) is 0. The number of carbonyl (C=O) groups excluding carboxylic acids is 5. The Bertz CT molecular complexity index is 1120. The van der Waals surface area contributed by atoms with Crippen molar-refractivity contribution >= 4 is 47.3 Å². The molecule has 0 saturated heterocycles. The van der Waals surface area contributed by atoms with Crippen LogP contribution in [-0.2, 0) is 35.2 Å². The Morgan fingerprint density at radius 1 is 0.795 bits per heavy atom. The fourth-order valence-corrected chi connectivity index (χ4v) is 4.61. The van der Waals surface area contributed by atoms with Crippen LogP contribution >= 0.6 is 11.8 Å². The molecule has 0 aliphatic heterocycles. The molecule has 1 rings (SSSR count). The Labute approximate surface area is 263 Å². The van der Waals surface area contributed by atoms with Crippen molar-refractivity contribution in [2.75, 3.05) is 18.6 Å². The Morgan fingerprint density at radius 3 is 1.91 bits per heavy atom. The summed E-state index contributed by atoms with van der Waals surface area (Å²) >= 11 is 1.45. The summed E-state index contributed by atoms with van der Waals surface area (Å²) in [4.78, 5) is 75.9. The van der Waals surface area contributed by atoms with Gasteiger partial charge in [0.15, 0.2) is 0 Å². The molecule has 44 heavy (non-hydrogen) atoms. The molecular formula is C30H48N6O7S.